The van der Waals surface area contributed by atoms with Crippen molar-refractivity contribution >= 4 is 23.4 Å². The fraction of sp³-hybridized carbons (Fsp3) is 0.571. The predicted octanol–water partition coefficient (Wildman–Crippen LogP) is 2.00. The first-order valence-corrected chi connectivity index (χ1v) is 10.2. The number of hydrogen-bond acceptors (Lipinski definition) is 4. The Hall–Kier alpha value is -2.41. The van der Waals surface area contributed by atoms with Crippen LogP contribution in [0.15, 0.2) is 24.3 Å². The Morgan fingerprint density at radius 3 is 2.71 bits per heavy atom. The topological polar surface area (TPSA) is 90.5 Å². The van der Waals surface area contributed by atoms with E-state index in [1.807, 2.05) is 13.8 Å². The summed E-state index contributed by atoms with van der Waals surface area (Å²) in [6, 6.07) is 6.95. The van der Waals surface area contributed by atoms with Gasteiger partial charge in [0.05, 0.1) is 6.54 Å². The summed E-state index contributed by atoms with van der Waals surface area (Å²) in [6.45, 7) is 7.09. The van der Waals surface area contributed by atoms with Crippen LogP contribution in [0.2, 0.25) is 0 Å². The first-order chi connectivity index (χ1) is 13.5. The molecule has 1 saturated heterocycles. The van der Waals surface area contributed by atoms with Crippen molar-refractivity contribution in [2.24, 2.45) is 5.92 Å². The quantitative estimate of drug-likeness (QED) is 0.604. The summed E-state index contributed by atoms with van der Waals surface area (Å²) in [4.78, 5) is 38.1. The van der Waals surface area contributed by atoms with E-state index in [1.54, 1.807) is 24.3 Å². The van der Waals surface area contributed by atoms with Crippen LogP contribution in [0.1, 0.15) is 49.9 Å². The maximum atomic E-state index is 12.4. The Morgan fingerprint density at radius 2 is 1.96 bits per heavy atom. The van der Waals surface area contributed by atoms with Gasteiger partial charge in [0.2, 0.25) is 11.8 Å². The molecule has 1 aromatic rings. The molecule has 1 atom stereocenters. The summed E-state index contributed by atoms with van der Waals surface area (Å²) in [6.07, 6.45) is 3.51. The largest absolute Gasteiger partial charge is 0.356 e. The van der Waals surface area contributed by atoms with E-state index < -0.39 is 0 Å². The number of benzene rings is 1. The zero-order chi connectivity index (χ0) is 20.4. The molecule has 154 valence electrons. The molecular formula is C21H32N4O3. The van der Waals surface area contributed by atoms with Crippen LogP contribution in [-0.2, 0) is 9.59 Å². The van der Waals surface area contributed by atoms with Gasteiger partial charge in [-0.2, -0.15) is 0 Å². The van der Waals surface area contributed by atoms with Gasteiger partial charge >= 0.3 is 0 Å². The van der Waals surface area contributed by atoms with Crippen LogP contribution in [0.3, 0.4) is 0 Å². The van der Waals surface area contributed by atoms with Crippen LogP contribution in [0.25, 0.3) is 0 Å². The highest BCUT2D eigenvalue weighted by atomic mass is 16.2. The minimum absolute atomic E-state index is 0.0938. The molecule has 0 spiro atoms. The summed E-state index contributed by atoms with van der Waals surface area (Å²) < 4.78 is 0. The lowest BCUT2D eigenvalue weighted by Crippen LogP contribution is -2.43. The van der Waals surface area contributed by atoms with E-state index in [9.17, 15) is 14.4 Å². The molecule has 0 aliphatic carbocycles. The average molecular weight is 389 g/mol. The molecule has 0 aromatic heterocycles. The Bertz CT molecular complexity index is 677. The number of carbonyl (C=O) groups is 3. The van der Waals surface area contributed by atoms with Gasteiger partial charge in [-0.25, -0.2) is 0 Å². The number of rotatable bonds is 9. The molecule has 1 aliphatic heterocycles. The Morgan fingerprint density at radius 1 is 1.14 bits per heavy atom. The molecule has 1 heterocycles. The number of nitrogens with one attached hydrogen (secondary N) is 3. The molecule has 7 nitrogen and oxygen atoms in total. The number of piperidine rings is 1. The van der Waals surface area contributed by atoms with E-state index in [4.69, 9.17) is 0 Å². The number of anilines is 1. The zero-order valence-corrected chi connectivity index (χ0v) is 16.9. The Kier molecular flexibility index (Phi) is 8.94. The van der Waals surface area contributed by atoms with Gasteiger partial charge in [-0.15, -0.1) is 0 Å². The second-order valence-electron chi connectivity index (χ2n) is 7.29. The Labute approximate surface area is 167 Å². The van der Waals surface area contributed by atoms with Crippen LogP contribution in [-0.4, -0.2) is 55.3 Å². The smallest absolute Gasteiger partial charge is 0.251 e. The monoisotopic (exact) mass is 388 g/mol. The average Bonchev–Trinajstić information content (AvgIpc) is 2.67. The van der Waals surface area contributed by atoms with Gasteiger partial charge < -0.3 is 16.0 Å². The van der Waals surface area contributed by atoms with Crippen LogP contribution < -0.4 is 16.0 Å². The molecule has 0 saturated carbocycles. The van der Waals surface area contributed by atoms with Crippen LogP contribution >= 0.6 is 0 Å². The number of nitrogens with zero attached hydrogens (tertiary/aromatic N) is 1. The molecule has 3 N–H and O–H groups in total. The first-order valence-electron chi connectivity index (χ1n) is 10.2. The molecule has 1 unspecified atom stereocenters. The summed E-state index contributed by atoms with van der Waals surface area (Å²) >= 11 is 0. The van der Waals surface area contributed by atoms with Gasteiger partial charge in [-0.3, -0.25) is 19.3 Å². The molecule has 3 amide bonds. The van der Waals surface area contributed by atoms with Crippen molar-refractivity contribution in [3.05, 3.63) is 29.8 Å². The summed E-state index contributed by atoms with van der Waals surface area (Å²) in [5.41, 5.74) is 1.15. The van der Waals surface area contributed by atoms with E-state index in [2.05, 4.69) is 20.9 Å². The van der Waals surface area contributed by atoms with Crippen molar-refractivity contribution in [3.8, 4) is 0 Å². The maximum absolute atomic E-state index is 12.4. The molecule has 7 heteroatoms. The van der Waals surface area contributed by atoms with Crippen LogP contribution in [0, 0.1) is 5.92 Å². The molecule has 1 aromatic carbocycles. The molecule has 2 rings (SSSR count). The normalized spacial score (nSPS) is 17.0. The third kappa shape index (κ3) is 7.31. The van der Waals surface area contributed by atoms with Gasteiger partial charge in [-0.05, 0) is 56.8 Å². The molecule has 0 bridgehead atoms. The van der Waals surface area contributed by atoms with Crippen molar-refractivity contribution in [2.75, 3.05) is 38.0 Å². The van der Waals surface area contributed by atoms with Gasteiger partial charge in [0.1, 0.15) is 0 Å². The highest BCUT2D eigenvalue weighted by molar-refractivity contribution is 5.97. The van der Waals surface area contributed by atoms with E-state index in [-0.39, 0.29) is 17.7 Å². The number of carbonyl (C=O) groups excluding carboxylic acids is 3. The van der Waals surface area contributed by atoms with E-state index >= 15 is 0 Å². The van der Waals surface area contributed by atoms with Crippen molar-refractivity contribution < 1.29 is 14.4 Å². The summed E-state index contributed by atoms with van der Waals surface area (Å²) in [7, 11) is 0. The molecule has 0 radical (unpaired) electrons. The van der Waals surface area contributed by atoms with Gasteiger partial charge in [-0.1, -0.05) is 13.0 Å². The third-order valence-electron chi connectivity index (χ3n) is 4.78. The van der Waals surface area contributed by atoms with E-state index in [1.165, 1.54) is 0 Å². The van der Waals surface area contributed by atoms with Gasteiger partial charge in [0, 0.05) is 37.3 Å². The molecule has 28 heavy (non-hydrogen) atoms. The van der Waals surface area contributed by atoms with Crippen molar-refractivity contribution in [3.63, 3.8) is 0 Å². The third-order valence-corrected chi connectivity index (χ3v) is 4.78. The zero-order valence-electron chi connectivity index (χ0n) is 16.9. The second kappa shape index (κ2) is 11.4. The predicted molar refractivity (Wildman–Crippen MR) is 110 cm³/mol. The number of likely N-dealkylation sites (tertiary alicyclic amines) is 1. The van der Waals surface area contributed by atoms with Crippen molar-refractivity contribution in [2.45, 2.75) is 39.5 Å². The Balaban J connectivity index is 1.81. The SMILES string of the molecule is CCCC(=O)NCC1CCCN(CC(=O)Nc2cccc(C(=O)NCC)c2)C1. The van der Waals surface area contributed by atoms with E-state index in [0.717, 1.165) is 32.4 Å². The molecule has 1 aliphatic rings. The van der Waals surface area contributed by atoms with Crippen LogP contribution in [0.4, 0.5) is 5.69 Å². The second-order valence-corrected chi connectivity index (χ2v) is 7.29. The van der Waals surface area contributed by atoms with Gasteiger partial charge in [0.25, 0.3) is 5.91 Å². The summed E-state index contributed by atoms with van der Waals surface area (Å²) in [5.74, 6) is 0.235. The standard InChI is InChI=1S/C21H32N4O3/c1-3-7-19(26)23-13-16-8-6-11-25(14-16)15-20(27)24-18-10-5-9-17(12-18)21(28)22-4-2/h5,9-10,12,16H,3-4,6-8,11,13-15H2,1-2H3,(H,22,28)(H,23,26)(H,24,27). The fourth-order valence-corrected chi connectivity index (χ4v) is 3.44. The number of amides is 3. The highest BCUT2D eigenvalue weighted by Crippen LogP contribution is 2.16. The minimum Gasteiger partial charge on any atom is -0.356 e. The summed E-state index contributed by atoms with van der Waals surface area (Å²) in [5, 5.41) is 8.62. The van der Waals surface area contributed by atoms with Gasteiger partial charge in [0.15, 0.2) is 0 Å². The number of hydrogen-bond donors (Lipinski definition) is 3. The maximum Gasteiger partial charge on any atom is 0.251 e. The minimum atomic E-state index is -0.150. The lowest BCUT2D eigenvalue weighted by atomic mass is 9.98. The molecule has 1 fully saturated rings. The fourth-order valence-electron chi connectivity index (χ4n) is 3.44. The molecular weight excluding hydrogens is 356 g/mol. The first kappa shape index (κ1) is 21.9. The van der Waals surface area contributed by atoms with Crippen molar-refractivity contribution in [1.29, 1.82) is 0 Å². The van der Waals surface area contributed by atoms with Crippen molar-refractivity contribution in [1.82, 2.24) is 15.5 Å². The lowest BCUT2D eigenvalue weighted by Gasteiger charge is -2.32. The van der Waals surface area contributed by atoms with E-state index in [0.29, 0.717) is 43.2 Å². The lowest BCUT2D eigenvalue weighted by molar-refractivity contribution is -0.121. The van der Waals surface area contributed by atoms with Crippen LogP contribution in [0.5, 0.6) is 0 Å². The highest BCUT2D eigenvalue weighted by Gasteiger charge is 2.22.